The van der Waals surface area contributed by atoms with Gasteiger partial charge in [0.05, 0.1) is 0 Å². The Morgan fingerprint density at radius 3 is 1.00 bits per heavy atom. The normalized spacial score (nSPS) is 9.43. The van der Waals surface area contributed by atoms with E-state index in [-0.39, 0.29) is 96.9 Å². The van der Waals surface area contributed by atoms with Gasteiger partial charge in [-0.1, -0.05) is 103 Å². The second-order valence-corrected chi connectivity index (χ2v) is 5.80. The molecule has 0 N–H and O–H groups in total. The Bertz CT molecular complexity index is 127. The molecule has 0 aliphatic rings. The fourth-order valence-corrected chi connectivity index (χ4v) is 2.55. The van der Waals surface area contributed by atoms with Crippen LogP contribution in [0.3, 0.4) is 0 Å². The van der Waals surface area contributed by atoms with E-state index in [4.69, 9.17) is 0 Å². The van der Waals surface area contributed by atoms with Gasteiger partial charge in [0.1, 0.15) is 0 Å². The van der Waals surface area contributed by atoms with E-state index in [2.05, 4.69) is 13.8 Å². The first-order valence-electron chi connectivity index (χ1n) is 8.71. The molecule has 0 spiro atoms. The minimum atomic E-state index is 0. The van der Waals surface area contributed by atoms with E-state index in [0.29, 0.717) is 0 Å². The van der Waals surface area contributed by atoms with E-state index in [9.17, 15) is 0 Å². The van der Waals surface area contributed by atoms with Crippen molar-refractivity contribution in [2.75, 3.05) is 0 Å². The smallest absolute Gasteiger partial charge is 0.343 e. The minimum Gasteiger partial charge on any atom is -0.343 e. The predicted octanol–water partition coefficient (Wildman–Crippen LogP) is 3.32. The van der Waals surface area contributed by atoms with E-state index in [0.717, 1.165) is 6.42 Å². The van der Waals surface area contributed by atoms with Crippen LogP contribution in [-0.2, 0) is 0 Å². The van der Waals surface area contributed by atoms with Gasteiger partial charge < -0.3 is 6.92 Å². The molecule has 0 bridgehead atoms. The van der Waals surface area contributed by atoms with Gasteiger partial charge in [-0.15, -0.1) is 0 Å². The molecule has 3 radical (unpaired) electrons. The van der Waals surface area contributed by atoms with Crippen LogP contribution in [0, 0.1) is 6.92 Å². The van der Waals surface area contributed by atoms with E-state index in [1.165, 1.54) is 96.3 Å². The van der Waals surface area contributed by atoms with Gasteiger partial charge in [-0.2, -0.15) is 6.42 Å². The van der Waals surface area contributed by atoms with Crippen LogP contribution in [0.25, 0.3) is 0 Å². The maximum Gasteiger partial charge on any atom is 1.00 e. The Kier molecular flexibility index (Phi) is 47.3. The van der Waals surface area contributed by atoms with Crippen molar-refractivity contribution in [2.45, 2.75) is 110 Å². The van der Waals surface area contributed by atoms with Gasteiger partial charge in [0.15, 0.2) is 0 Å². The Morgan fingerprint density at radius 1 is 0.524 bits per heavy atom. The zero-order valence-corrected chi connectivity index (χ0v) is 21.9. The van der Waals surface area contributed by atoms with Crippen LogP contribution in [0.1, 0.15) is 110 Å². The topological polar surface area (TPSA) is 0 Å². The van der Waals surface area contributed by atoms with Crippen LogP contribution >= 0.6 is 0 Å². The molecule has 0 aliphatic heterocycles. The molecular weight excluding hydrogens is 302 g/mol. The summed E-state index contributed by atoms with van der Waals surface area (Å²) in [6.45, 7) is 6.18. The Labute approximate surface area is 210 Å². The fraction of sp³-hybridized carbons (Fsp3) is 0.944. The molecule has 0 nitrogen and oxygen atoms in total. The van der Waals surface area contributed by atoms with E-state index in [1.54, 1.807) is 0 Å². The van der Waals surface area contributed by atoms with Gasteiger partial charge in [-0.25, -0.2) is 0 Å². The third kappa shape index (κ3) is 31.5. The first-order valence-corrected chi connectivity index (χ1v) is 8.71. The summed E-state index contributed by atoms with van der Waals surface area (Å²) >= 11 is 0. The Hall–Kier alpha value is 3.26. The Morgan fingerprint density at radius 2 is 0.762 bits per heavy atom. The zero-order chi connectivity index (χ0) is 13.3. The molecule has 3 heteroatoms. The maximum atomic E-state index is 3.88. The number of hydrogen-bond donors (Lipinski definition) is 0. The van der Waals surface area contributed by atoms with Crippen LogP contribution in [-0.4, -0.2) is 67.3 Å². The van der Waals surface area contributed by atoms with Crippen LogP contribution in [0.4, 0.5) is 0 Å². The van der Waals surface area contributed by atoms with E-state index >= 15 is 0 Å². The van der Waals surface area contributed by atoms with Crippen molar-refractivity contribution >= 4 is 67.3 Å². The van der Waals surface area contributed by atoms with Crippen LogP contribution in [0.15, 0.2) is 0 Å². The summed E-state index contributed by atoms with van der Waals surface area (Å²) in [7, 11) is 0. The molecule has 0 saturated carbocycles. The first-order chi connectivity index (χ1) is 8.91. The summed E-state index contributed by atoms with van der Waals surface area (Å²) in [5.74, 6) is 0. The average molecular weight is 340 g/mol. The molecule has 0 aromatic rings. The fourth-order valence-electron chi connectivity index (χ4n) is 2.55. The maximum absolute atomic E-state index is 3.88. The second-order valence-electron chi connectivity index (χ2n) is 5.80. The summed E-state index contributed by atoms with van der Waals surface area (Å²) in [5.41, 5.74) is 0. The molecule has 113 valence electrons. The van der Waals surface area contributed by atoms with Crippen molar-refractivity contribution in [1.29, 1.82) is 0 Å². The zero-order valence-electron chi connectivity index (χ0n) is 15.7. The number of rotatable bonds is 15. The molecule has 0 aromatic carbocycles. The molecule has 0 unspecified atom stereocenters. The summed E-state index contributed by atoms with van der Waals surface area (Å²) in [5, 5.41) is 0. The van der Waals surface area contributed by atoms with Crippen LogP contribution in [0.5, 0.6) is 0 Å². The van der Waals surface area contributed by atoms with E-state index < -0.39 is 0 Å². The van der Waals surface area contributed by atoms with Crippen molar-refractivity contribution in [3.05, 3.63) is 6.92 Å². The molecule has 0 aromatic heterocycles. The molecule has 0 fully saturated rings. The summed E-state index contributed by atoms with van der Waals surface area (Å²) in [6.07, 6.45) is 22.8. The molecule has 0 heterocycles. The average Bonchev–Trinajstić information content (AvgIpc) is 2.39. The second kappa shape index (κ2) is 31.1. The van der Waals surface area contributed by atoms with Gasteiger partial charge in [-0.05, 0) is 0 Å². The predicted molar refractivity (Wildman–Crippen MR) is 96.4 cm³/mol. The quantitative estimate of drug-likeness (QED) is 0.244. The summed E-state index contributed by atoms with van der Waals surface area (Å²) in [4.78, 5) is 0. The first kappa shape index (κ1) is 32.0. The van der Waals surface area contributed by atoms with Crippen molar-refractivity contribution in [1.82, 2.24) is 0 Å². The molecule has 0 aliphatic carbocycles. The SMILES string of the molecule is [CH2-]CCCCCCCCCCCCCCCCC.[Ca].[Na+].[Na]. The molecule has 0 amide bonds. The Balaban J connectivity index is -0.000000482. The van der Waals surface area contributed by atoms with Gasteiger partial charge in [-0.3, -0.25) is 0 Å². The van der Waals surface area contributed by atoms with Gasteiger partial charge >= 0.3 is 29.6 Å². The van der Waals surface area contributed by atoms with Crippen molar-refractivity contribution in [3.8, 4) is 0 Å². The van der Waals surface area contributed by atoms with Gasteiger partial charge in [0, 0.05) is 67.3 Å². The minimum absolute atomic E-state index is 0. The third-order valence-electron chi connectivity index (χ3n) is 3.85. The molecule has 0 atom stereocenters. The standard InChI is InChI=1S/C18H37.Ca.2Na/c1-3-5-7-9-11-13-15-17-18-16-14-12-10-8-6-4-2;;;/h1,3-18H2,2H3;;;/q-1;;;+1. The molecule has 0 rings (SSSR count). The van der Waals surface area contributed by atoms with Crippen molar-refractivity contribution < 1.29 is 29.6 Å². The van der Waals surface area contributed by atoms with Crippen LogP contribution in [0.2, 0.25) is 0 Å². The monoisotopic (exact) mass is 339 g/mol. The van der Waals surface area contributed by atoms with Gasteiger partial charge in [0.2, 0.25) is 0 Å². The summed E-state index contributed by atoms with van der Waals surface area (Å²) < 4.78 is 0. The third-order valence-corrected chi connectivity index (χ3v) is 3.85. The van der Waals surface area contributed by atoms with Crippen LogP contribution < -0.4 is 29.6 Å². The molecular formula is C18H37CaNa2. The summed E-state index contributed by atoms with van der Waals surface area (Å²) in [6, 6.07) is 0. The molecule has 21 heavy (non-hydrogen) atoms. The molecule has 0 saturated heterocycles. The number of unbranched alkanes of at least 4 members (excludes halogenated alkanes) is 15. The van der Waals surface area contributed by atoms with Gasteiger partial charge in [0.25, 0.3) is 0 Å². The van der Waals surface area contributed by atoms with Crippen molar-refractivity contribution in [3.63, 3.8) is 0 Å². The number of hydrogen-bond acceptors (Lipinski definition) is 0. The van der Waals surface area contributed by atoms with E-state index in [1.807, 2.05) is 0 Å². The largest absolute Gasteiger partial charge is 1.00 e. The van der Waals surface area contributed by atoms with Crippen molar-refractivity contribution in [2.24, 2.45) is 0 Å².